The smallest absolute Gasteiger partial charge is 0.140 e. The molecule has 0 aliphatic carbocycles. The van der Waals surface area contributed by atoms with Crippen LogP contribution < -0.4 is 39.3 Å². The largest absolute Gasteiger partial charge is 0.354 e. The highest BCUT2D eigenvalue weighted by Gasteiger charge is 2.28. The number of hydrogen-bond acceptors (Lipinski definition) is 0. The van der Waals surface area contributed by atoms with Crippen molar-refractivity contribution in [3.8, 4) is 0 Å². The fourth-order valence-electron chi connectivity index (χ4n) is 9.57. The Morgan fingerprint density at radius 3 is 0.641 bits per heavy atom. The van der Waals surface area contributed by atoms with Gasteiger partial charge in [0.1, 0.15) is 22.7 Å². The molecule has 0 saturated carbocycles. The lowest BCUT2D eigenvalue weighted by molar-refractivity contribution is 0.485. The number of hydrogen-bond donors (Lipinski definition) is 4. The van der Waals surface area contributed by atoms with Gasteiger partial charge in [-0.3, -0.25) is 17.9 Å². The van der Waals surface area contributed by atoms with Crippen LogP contribution in [0.1, 0.15) is 45.0 Å². The Bertz CT molecular complexity index is 2880. The molecule has 4 N–H and O–H groups in total. The molecule has 0 atom stereocenters. The van der Waals surface area contributed by atoms with Gasteiger partial charge in [-0.1, -0.05) is 48.5 Å². The Morgan fingerprint density at radius 1 is 0.234 bits per heavy atom. The molecule has 4 aromatic carbocycles. The molecule has 8 aromatic rings. The molecule has 0 fully saturated rings. The third kappa shape index (κ3) is 7.73. The number of aromatic nitrogens is 4. The van der Waals surface area contributed by atoms with Crippen molar-refractivity contribution in [2.45, 2.75) is 0 Å². The van der Waals surface area contributed by atoms with Crippen LogP contribution in [0.3, 0.4) is 0 Å². The van der Waals surface area contributed by atoms with Crippen LogP contribution in [-0.4, -0.2) is 105 Å². The molecule has 1 aliphatic heterocycles. The Hall–Kier alpha value is -6.68. The minimum Gasteiger partial charge on any atom is -0.354 e. The van der Waals surface area contributed by atoms with E-state index in [1.807, 2.05) is 0 Å². The molecule has 0 saturated heterocycles. The second-order valence-electron chi connectivity index (χ2n) is 20.8. The van der Waals surface area contributed by atoms with Gasteiger partial charge in [0, 0.05) is 88.7 Å². The summed E-state index contributed by atoms with van der Waals surface area (Å²) in [6.45, 7) is 0. The predicted octanol–water partition coefficient (Wildman–Crippen LogP) is 7.09. The van der Waals surface area contributed by atoms with E-state index in [9.17, 15) is 0 Å². The molecule has 0 unspecified atom stereocenters. The molecule has 324 valence electrons. The van der Waals surface area contributed by atoms with Crippen LogP contribution in [0.5, 0.6) is 0 Å². The van der Waals surface area contributed by atoms with Crippen LogP contribution in [0, 0.1) is 0 Å². The zero-order valence-electron chi connectivity index (χ0n) is 39.6. The summed E-state index contributed by atoms with van der Waals surface area (Å²) < 4.78 is 2.65. The molecule has 64 heavy (non-hydrogen) atoms. The Balaban J connectivity index is 1.50. The van der Waals surface area contributed by atoms with Crippen LogP contribution in [0.2, 0.25) is 0 Å². The lowest BCUT2D eigenvalue weighted by atomic mass is 9.99. The highest BCUT2D eigenvalue weighted by atomic mass is 15.3. The highest BCUT2D eigenvalue weighted by molar-refractivity contribution is 5.90. The Kier molecular flexibility index (Phi) is 10.3. The third-order valence-corrected chi connectivity index (χ3v) is 12.5. The van der Waals surface area contributed by atoms with Crippen molar-refractivity contribution in [1.82, 2.24) is 37.9 Å². The molecule has 0 spiro atoms. The van der Waals surface area contributed by atoms with E-state index >= 15 is 0 Å². The summed E-state index contributed by atoms with van der Waals surface area (Å²) in [4.78, 5) is 16.2. The monoisotopic (exact) mass is 849 g/mol. The van der Waals surface area contributed by atoms with Gasteiger partial charge in [-0.25, -0.2) is 0 Å². The first-order valence-corrected chi connectivity index (χ1v) is 22.2. The fraction of sp³-hybridized carbons (Fsp3) is 0.214. The Morgan fingerprint density at radius 2 is 0.438 bits per heavy atom. The molecule has 9 rings (SSSR count). The maximum Gasteiger partial charge on any atom is 0.140 e. The number of quaternary nitrogens is 4. The summed E-state index contributed by atoms with van der Waals surface area (Å²) in [5, 5.41) is 4.12. The number of nitrogens with one attached hydrogen (secondary N) is 4. The average molecular weight is 849 g/mol. The first kappa shape index (κ1) is 42.6. The van der Waals surface area contributed by atoms with Crippen LogP contribution in [0.15, 0.2) is 146 Å². The van der Waals surface area contributed by atoms with E-state index in [2.05, 4.69) is 250 Å². The second kappa shape index (κ2) is 15.5. The summed E-state index contributed by atoms with van der Waals surface area (Å²) in [7, 11) is 26.9. The summed E-state index contributed by atoms with van der Waals surface area (Å²) >= 11 is 0. The van der Waals surface area contributed by atoms with Crippen molar-refractivity contribution in [2.75, 3.05) is 84.6 Å². The number of rotatable bonds is 8. The lowest BCUT2D eigenvalue weighted by Gasteiger charge is -2.27. The number of H-pyrrole nitrogens is 4. The first-order chi connectivity index (χ1) is 30.3. The van der Waals surface area contributed by atoms with Crippen molar-refractivity contribution >= 4 is 45.0 Å². The number of benzene rings is 4. The topological polar surface area (TPSA) is 63.2 Å². The van der Waals surface area contributed by atoms with Crippen LogP contribution in [-0.2, 0) is 0 Å². The number of para-hydroxylation sites is 4. The zero-order chi connectivity index (χ0) is 45.3. The van der Waals surface area contributed by atoms with Crippen LogP contribution in [0.25, 0.3) is 22.3 Å². The fourth-order valence-corrected chi connectivity index (χ4v) is 9.57. The van der Waals surface area contributed by atoms with Gasteiger partial charge in [0.2, 0.25) is 0 Å². The quantitative estimate of drug-likeness (QED) is 0.118. The van der Waals surface area contributed by atoms with Crippen molar-refractivity contribution in [3.63, 3.8) is 0 Å². The van der Waals surface area contributed by atoms with Gasteiger partial charge in [0.15, 0.2) is 0 Å². The van der Waals surface area contributed by atoms with Crippen molar-refractivity contribution in [2.24, 2.45) is 0 Å². The zero-order valence-corrected chi connectivity index (χ0v) is 39.6. The predicted molar refractivity (Wildman–Crippen MR) is 272 cm³/mol. The number of aromatic amines is 4. The second-order valence-corrected chi connectivity index (χ2v) is 20.8. The van der Waals surface area contributed by atoms with Gasteiger partial charge in [-0.2, -0.15) is 0 Å². The summed E-state index contributed by atoms with van der Waals surface area (Å²) in [5.41, 5.74) is 18.1. The highest BCUT2D eigenvalue weighted by Crippen LogP contribution is 2.37. The van der Waals surface area contributed by atoms with Gasteiger partial charge >= 0.3 is 0 Å². The molecule has 0 radical (unpaired) electrons. The van der Waals surface area contributed by atoms with Crippen molar-refractivity contribution in [1.29, 1.82) is 0 Å². The SMILES string of the molecule is C[N+](C)(C)c1ccccc1C1=c2ccc([nH]2)=C(c2ccccc2[N+](C)(C)C)c2ccc([nH]2)C(c2ccccc2[N+](C)(C)C)=c2ccc([nH]2)=C(c2ccccc2[N+](C)(C)C)c2ccc1[nH]2. The van der Waals surface area contributed by atoms with E-state index in [0.717, 1.165) is 66.5 Å². The van der Waals surface area contributed by atoms with Gasteiger partial charge in [0.25, 0.3) is 0 Å². The molecule has 8 bridgehead atoms. The van der Waals surface area contributed by atoms with E-state index in [0.29, 0.717) is 17.9 Å². The molecule has 8 heteroatoms. The van der Waals surface area contributed by atoms with E-state index < -0.39 is 0 Å². The van der Waals surface area contributed by atoms with Gasteiger partial charge in [0.05, 0.1) is 84.6 Å². The van der Waals surface area contributed by atoms with Gasteiger partial charge < -0.3 is 19.9 Å². The summed E-state index contributed by atoms with van der Waals surface area (Å²) in [6, 6.07) is 53.4. The van der Waals surface area contributed by atoms with E-state index in [4.69, 9.17) is 0 Å². The summed E-state index contributed by atoms with van der Waals surface area (Å²) in [5.74, 6) is 0. The third-order valence-electron chi connectivity index (χ3n) is 12.5. The lowest BCUT2D eigenvalue weighted by Crippen LogP contribution is -2.36. The Labute approximate surface area is 378 Å². The maximum atomic E-state index is 4.04. The molecular formula is C56H64N8+4. The maximum absolute atomic E-state index is 4.04. The molecule has 1 aliphatic rings. The molecule has 5 heterocycles. The minimum atomic E-state index is 0.663. The van der Waals surface area contributed by atoms with Crippen LogP contribution in [0.4, 0.5) is 22.7 Å². The van der Waals surface area contributed by atoms with Gasteiger partial charge in [-0.15, -0.1) is 0 Å². The van der Waals surface area contributed by atoms with Crippen LogP contribution >= 0.6 is 0 Å². The number of fused-ring (bicyclic) bond motifs is 8. The van der Waals surface area contributed by atoms with E-state index in [-0.39, 0.29) is 0 Å². The number of nitrogens with zero attached hydrogens (tertiary/aromatic N) is 4. The minimum absolute atomic E-state index is 0.663. The molecule has 8 nitrogen and oxygen atoms in total. The van der Waals surface area contributed by atoms with E-state index in [1.54, 1.807) is 0 Å². The first-order valence-electron chi connectivity index (χ1n) is 22.2. The standard InChI is InChI=1S/C56H64N8/c1-61(2,3)49-25-17-13-21-37(49)53-41-29-31-43(57-41)54(38-22-14-18-26-50(38)62(4,5)6)45-33-35-47(59-45)56(40-24-16-20-28-52(40)64(10,11)12)48-36-34-46(60-48)55(44-32-30-42(53)58-44)39-23-15-19-27-51(39)63(7,8)9/h13-36,57-60H,1-12H3/q+4. The van der Waals surface area contributed by atoms with Crippen molar-refractivity contribution in [3.05, 3.63) is 212 Å². The molecule has 0 amide bonds. The molecule has 4 aromatic heterocycles. The normalized spacial score (nSPS) is 13.8. The van der Waals surface area contributed by atoms with E-state index in [1.165, 1.54) is 45.0 Å². The average Bonchev–Trinajstić information content (AvgIpc) is 4.08. The summed E-state index contributed by atoms with van der Waals surface area (Å²) in [6.07, 6.45) is 0. The van der Waals surface area contributed by atoms with Gasteiger partial charge in [-0.05, 0) is 97.1 Å². The van der Waals surface area contributed by atoms with Crippen molar-refractivity contribution < 1.29 is 0 Å². The molecular weight excluding hydrogens is 785 g/mol.